The fraction of sp³-hybridized carbons (Fsp3) is 0.941. The first-order valence-electron chi connectivity index (χ1n) is 8.59. The molecule has 4 unspecified atom stereocenters. The Morgan fingerprint density at radius 2 is 2.10 bits per heavy atom. The molecule has 0 aromatic heterocycles. The molecular weight excluding hydrogens is 248 g/mol. The van der Waals surface area contributed by atoms with E-state index in [9.17, 15) is 4.79 Å². The molecule has 1 heterocycles. The lowest BCUT2D eigenvalue weighted by Crippen LogP contribution is -2.41. The van der Waals surface area contributed by atoms with Crippen molar-refractivity contribution in [2.75, 3.05) is 6.54 Å². The van der Waals surface area contributed by atoms with Crippen LogP contribution in [-0.2, 0) is 4.79 Å². The fourth-order valence-corrected chi connectivity index (χ4v) is 3.91. The molecule has 4 atom stereocenters. The van der Waals surface area contributed by atoms with Gasteiger partial charge in [0, 0.05) is 6.54 Å². The van der Waals surface area contributed by atoms with Crippen molar-refractivity contribution in [1.82, 2.24) is 10.2 Å². The van der Waals surface area contributed by atoms with Gasteiger partial charge in [0.15, 0.2) is 0 Å². The first-order chi connectivity index (χ1) is 9.52. The molecule has 1 saturated carbocycles. The van der Waals surface area contributed by atoms with Gasteiger partial charge in [-0.05, 0) is 37.0 Å². The van der Waals surface area contributed by atoms with Gasteiger partial charge in [-0.2, -0.15) is 0 Å². The Bertz CT molecular complexity index is 329. The second-order valence-corrected chi connectivity index (χ2v) is 7.32. The maximum atomic E-state index is 12.7. The highest BCUT2D eigenvalue weighted by Crippen LogP contribution is 2.31. The zero-order valence-corrected chi connectivity index (χ0v) is 13.7. The average Bonchev–Trinajstić information content (AvgIpc) is 2.68. The zero-order valence-electron chi connectivity index (χ0n) is 13.7. The molecular formula is C17H32N2O. The van der Waals surface area contributed by atoms with E-state index in [0.29, 0.717) is 11.8 Å². The molecule has 1 aliphatic carbocycles. The van der Waals surface area contributed by atoms with Crippen LogP contribution >= 0.6 is 0 Å². The van der Waals surface area contributed by atoms with Crippen molar-refractivity contribution in [2.45, 2.75) is 78.4 Å². The van der Waals surface area contributed by atoms with Gasteiger partial charge >= 0.3 is 0 Å². The highest BCUT2D eigenvalue weighted by molar-refractivity contribution is 5.84. The summed E-state index contributed by atoms with van der Waals surface area (Å²) in [5.74, 6) is 2.29. The minimum atomic E-state index is 0.0348. The second-order valence-electron chi connectivity index (χ2n) is 7.32. The van der Waals surface area contributed by atoms with E-state index in [1.807, 2.05) is 0 Å². The monoisotopic (exact) mass is 280 g/mol. The van der Waals surface area contributed by atoms with Crippen LogP contribution in [-0.4, -0.2) is 29.6 Å². The molecule has 3 nitrogen and oxygen atoms in total. The molecule has 116 valence electrons. The fourth-order valence-electron chi connectivity index (χ4n) is 3.91. The van der Waals surface area contributed by atoms with E-state index in [1.54, 1.807) is 0 Å². The molecule has 20 heavy (non-hydrogen) atoms. The van der Waals surface area contributed by atoms with Gasteiger partial charge in [0.05, 0.1) is 12.2 Å². The number of nitrogens with one attached hydrogen (secondary N) is 1. The van der Waals surface area contributed by atoms with E-state index < -0.39 is 0 Å². The van der Waals surface area contributed by atoms with Crippen LogP contribution in [0.1, 0.15) is 66.2 Å². The van der Waals surface area contributed by atoms with Gasteiger partial charge in [-0.1, -0.05) is 47.0 Å². The first-order valence-corrected chi connectivity index (χ1v) is 8.59. The Labute approximate surface area is 124 Å². The van der Waals surface area contributed by atoms with E-state index in [-0.39, 0.29) is 12.2 Å². The molecule has 0 bridgehead atoms. The quantitative estimate of drug-likeness (QED) is 0.837. The number of carbonyl (C=O) groups is 1. The largest absolute Gasteiger partial charge is 0.326 e. The molecule has 1 amide bonds. The zero-order chi connectivity index (χ0) is 14.7. The predicted octanol–water partition coefficient (Wildman–Crippen LogP) is 3.40. The summed E-state index contributed by atoms with van der Waals surface area (Å²) in [4.78, 5) is 14.8. The van der Waals surface area contributed by atoms with Gasteiger partial charge in [-0.3, -0.25) is 10.1 Å². The molecule has 3 heteroatoms. The summed E-state index contributed by atoms with van der Waals surface area (Å²) < 4.78 is 0. The molecule has 2 aliphatic rings. The molecule has 1 saturated heterocycles. The van der Waals surface area contributed by atoms with Crippen LogP contribution in [0.15, 0.2) is 0 Å². The lowest BCUT2D eigenvalue weighted by molar-refractivity contribution is -0.131. The Balaban J connectivity index is 2.00. The number of hydrogen-bond acceptors (Lipinski definition) is 2. The summed E-state index contributed by atoms with van der Waals surface area (Å²) in [6, 6.07) is 0.0348. The van der Waals surface area contributed by atoms with Crippen LogP contribution in [0.3, 0.4) is 0 Å². The normalized spacial score (nSPS) is 35.0. The number of carbonyl (C=O) groups excluding carboxylic acids is 1. The Morgan fingerprint density at radius 3 is 2.70 bits per heavy atom. The Kier molecular flexibility index (Phi) is 5.48. The molecule has 1 aliphatic heterocycles. The number of rotatable bonds is 5. The van der Waals surface area contributed by atoms with E-state index in [4.69, 9.17) is 0 Å². The summed E-state index contributed by atoms with van der Waals surface area (Å²) in [5, 5.41) is 3.57. The molecule has 0 spiro atoms. The van der Waals surface area contributed by atoms with Gasteiger partial charge in [-0.15, -0.1) is 0 Å². The van der Waals surface area contributed by atoms with E-state index in [1.165, 1.54) is 25.7 Å². The minimum Gasteiger partial charge on any atom is -0.326 e. The SMILES string of the molecule is CCCC1NC(C(C)C)C(=O)N1CC1CCCC(C)C1. The number of nitrogens with zero attached hydrogens (tertiary/aromatic N) is 1. The minimum absolute atomic E-state index is 0.0348. The van der Waals surface area contributed by atoms with E-state index in [0.717, 1.165) is 31.2 Å². The standard InChI is InChI=1S/C17H32N2O/c1-5-7-15-18-16(12(2)3)17(20)19(15)11-14-9-6-8-13(4)10-14/h12-16,18H,5-11H2,1-4H3. The van der Waals surface area contributed by atoms with E-state index in [2.05, 4.69) is 37.9 Å². The maximum absolute atomic E-state index is 12.7. The first kappa shape index (κ1) is 15.8. The van der Waals surface area contributed by atoms with Crippen molar-refractivity contribution in [1.29, 1.82) is 0 Å². The van der Waals surface area contributed by atoms with Crippen LogP contribution in [0.25, 0.3) is 0 Å². The van der Waals surface area contributed by atoms with Gasteiger partial charge < -0.3 is 4.90 Å². The van der Waals surface area contributed by atoms with Gasteiger partial charge in [0.25, 0.3) is 0 Å². The molecule has 0 radical (unpaired) electrons. The van der Waals surface area contributed by atoms with Crippen molar-refractivity contribution >= 4 is 5.91 Å². The van der Waals surface area contributed by atoms with Crippen LogP contribution in [0.4, 0.5) is 0 Å². The molecule has 2 fully saturated rings. The maximum Gasteiger partial charge on any atom is 0.241 e. The summed E-state index contributed by atoms with van der Waals surface area (Å²) in [6.07, 6.45) is 7.80. The Morgan fingerprint density at radius 1 is 1.35 bits per heavy atom. The summed E-state index contributed by atoms with van der Waals surface area (Å²) in [5.41, 5.74) is 0. The number of hydrogen-bond donors (Lipinski definition) is 1. The van der Waals surface area contributed by atoms with Gasteiger partial charge in [0.2, 0.25) is 5.91 Å². The lowest BCUT2D eigenvalue weighted by Gasteiger charge is -2.32. The smallest absolute Gasteiger partial charge is 0.241 e. The van der Waals surface area contributed by atoms with Gasteiger partial charge in [-0.25, -0.2) is 0 Å². The highest BCUT2D eigenvalue weighted by atomic mass is 16.2. The third-order valence-corrected chi connectivity index (χ3v) is 5.03. The second kappa shape index (κ2) is 6.93. The van der Waals surface area contributed by atoms with Crippen LogP contribution in [0, 0.1) is 17.8 Å². The third kappa shape index (κ3) is 3.55. The molecule has 2 rings (SSSR count). The third-order valence-electron chi connectivity index (χ3n) is 5.03. The summed E-state index contributed by atoms with van der Waals surface area (Å²) in [6.45, 7) is 9.83. The topological polar surface area (TPSA) is 32.3 Å². The summed E-state index contributed by atoms with van der Waals surface area (Å²) >= 11 is 0. The van der Waals surface area contributed by atoms with Gasteiger partial charge in [0.1, 0.15) is 0 Å². The van der Waals surface area contributed by atoms with Crippen molar-refractivity contribution in [2.24, 2.45) is 17.8 Å². The van der Waals surface area contributed by atoms with Crippen molar-refractivity contribution in [3.8, 4) is 0 Å². The predicted molar refractivity (Wildman–Crippen MR) is 83.3 cm³/mol. The average molecular weight is 280 g/mol. The van der Waals surface area contributed by atoms with E-state index >= 15 is 0 Å². The van der Waals surface area contributed by atoms with Crippen LogP contribution < -0.4 is 5.32 Å². The highest BCUT2D eigenvalue weighted by Gasteiger charge is 2.40. The van der Waals surface area contributed by atoms with Crippen molar-refractivity contribution in [3.05, 3.63) is 0 Å². The molecule has 0 aromatic rings. The van der Waals surface area contributed by atoms with Crippen LogP contribution in [0.5, 0.6) is 0 Å². The summed E-state index contributed by atoms with van der Waals surface area (Å²) in [7, 11) is 0. The molecule has 0 aromatic carbocycles. The van der Waals surface area contributed by atoms with Crippen molar-refractivity contribution < 1.29 is 4.79 Å². The number of amides is 1. The van der Waals surface area contributed by atoms with Crippen molar-refractivity contribution in [3.63, 3.8) is 0 Å². The van der Waals surface area contributed by atoms with Crippen LogP contribution in [0.2, 0.25) is 0 Å². The Hall–Kier alpha value is -0.570. The molecule has 1 N–H and O–H groups in total. The lowest BCUT2D eigenvalue weighted by atomic mass is 9.82.